The minimum atomic E-state index is 0.327. The van der Waals surface area contributed by atoms with Crippen LogP contribution in [0.15, 0.2) is 0 Å². The maximum absolute atomic E-state index is 8.63. The van der Waals surface area contributed by atoms with Gasteiger partial charge in [0.15, 0.2) is 0 Å². The van der Waals surface area contributed by atoms with Crippen molar-refractivity contribution in [1.82, 2.24) is 5.32 Å². The van der Waals surface area contributed by atoms with Gasteiger partial charge >= 0.3 is 0 Å². The lowest BCUT2D eigenvalue weighted by atomic mass is 9.95. The number of aliphatic hydroxyl groups excluding tert-OH is 1. The summed E-state index contributed by atoms with van der Waals surface area (Å²) in [5.41, 5.74) is 0. The standard InChI is InChI=1S/C10H19NO/c12-5-1-4-11-10-7-8-2-3-9(10)6-8/h8-12H,1-7H2/t8-,9-,10+/m0/s1. The fraction of sp³-hybridized carbons (Fsp3) is 1.00. The van der Waals surface area contributed by atoms with E-state index in [9.17, 15) is 0 Å². The normalized spacial score (nSPS) is 39.2. The molecule has 3 atom stereocenters. The number of hydrogen-bond donors (Lipinski definition) is 2. The first kappa shape index (κ1) is 8.52. The number of nitrogens with one attached hydrogen (secondary N) is 1. The summed E-state index contributed by atoms with van der Waals surface area (Å²) in [4.78, 5) is 0. The average Bonchev–Trinajstić information content (AvgIpc) is 2.65. The van der Waals surface area contributed by atoms with Crippen LogP contribution in [-0.4, -0.2) is 24.3 Å². The lowest BCUT2D eigenvalue weighted by Crippen LogP contribution is -2.34. The zero-order chi connectivity index (χ0) is 8.39. The Labute approximate surface area is 74.4 Å². The molecule has 2 fully saturated rings. The lowest BCUT2D eigenvalue weighted by Gasteiger charge is -2.22. The van der Waals surface area contributed by atoms with Crippen LogP contribution < -0.4 is 5.32 Å². The fourth-order valence-corrected chi connectivity index (χ4v) is 2.86. The largest absolute Gasteiger partial charge is 0.396 e. The molecule has 12 heavy (non-hydrogen) atoms. The van der Waals surface area contributed by atoms with E-state index in [1.165, 1.54) is 25.7 Å². The second-order valence-corrected chi connectivity index (χ2v) is 4.31. The quantitative estimate of drug-likeness (QED) is 0.619. The van der Waals surface area contributed by atoms with E-state index in [2.05, 4.69) is 5.32 Å². The molecule has 0 amide bonds. The average molecular weight is 169 g/mol. The monoisotopic (exact) mass is 169 g/mol. The first-order valence-electron chi connectivity index (χ1n) is 5.24. The molecule has 70 valence electrons. The predicted octanol–water partition coefficient (Wildman–Crippen LogP) is 1.15. The number of aliphatic hydroxyl groups is 1. The Hall–Kier alpha value is -0.0800. The lowest BCUT2D eigenvalue weighted by molar-refractivity contribution is 0.274. The highest BCUT2D eigenvalue weighted by Gasteiger charge is 2.38. The molecule has 0 aromatic carbocycles. The minimum absolute atomic E-state index is 0.327. The molecule has 0 aliphatic heterocycles. The van der Waals surface area contributed by atoms with E-state index in [0.717, 1.165) is 30.8 Å². The third-order valence-electron chi connectivity index (χ3n) is 3.48. The van der Waals surface area contributed by atoms with Gasteiger partial charge in [-0.3, -0.25) is 0 Å². The van der Waals surface area contributed by atoms with Crippen molar-refractivity contribution in [3.8, 4) is 0 Å². The molecular formula is C10H19NO. The molecule has 2 heteroatoms. The summed E-state index contributed by atoms with van der Waals surface area (Å²) < 4.78 is 0. The zero-order valence-corrected chi connectivity index (χ0v) is 7.63. The molecule has 2 aliphatic carbocycles. The van der Waals surface area contributed by atoms with Gasteiger partial charge in [-0.15, -0.1) is 0 Å². The molecule has 2 nitrogen and oxygen atoms in total. The van der Waals surface area contributed by atoms with Crippen LogP contribution in [0.25, 0.3) is 0 Å². The molecule has 0 aromatic rings. The van der Waals surface area contributed by atoms with Crippen LogP contribution in [0.4, 0.5) is 0 Å². The number of fused-ring (bicyclic) bond motifs is 2. The number of hydrogen-bond acceptors (Lipinski definition) is 2. The second-order valence-electron chi connectivity index (χ2n) is 4.31. The highest BCUT2D eigenvalue weighted by Crippen LogP contribution is 2.44. The first-order chi connectivity index (χ1) is 5.90. The molecule has 2 N–H and O–H groups in total. The molecule has 0 heterocycles. The second kappa shape index (κ2) is 3.75. The molecule has 2 aliphatic rings. The van der Waals surface area contributed by atoms with Gasteiger partial charge in [0.1, 0.15) is 0 Å². The Morgan fingerprint density at radius 1 is 1.25 bits per heavy atom. The number of rotatable bonds is 4. The smallest absolute Gasteiger partial charge is 0.0443 e. The van der Waals surface area contributed by atoms with Crippen molar-refractivity contribution < 1.29 is 5.11 Å². The molecule has 0 radical (unpaired) electrons. The van der Waals surface area contributed by atoms with Crippen molar-refractivity contribution in [2.75, 3.05) is 13.2 Å². The Kier molecular flexibility index (Phi) is 2.66. The van der Waals surface area contributed by atoms with Gasteiger partial charge in [-0.05, 0) is 44.1 Å². The Morgan fingerprint density at radius 3 is 2.75 bits per heavy atom. The summed E-state index contributed by atoms with van der Waals surface area (Å²) in [7, 11) is 0. The maximum atomic E-state index is 8.63. The van der Waals surface area contributed by atoms with Crippen molar-refractivity contribution in [2.24, 2.45) is 11.8 Å². The molecule has 2 saturated carbocycles. The van der Waals surface area contributed by atoms with Gasteiger partial charge in [0.05, 0.1) is 0 Å². The van der Waals surface area contributed by atoms with Gasteiger partial charge < -0.3 is 10.4 Å². The van der Waals surface area contributed by atoms with Crippen LogP contribution in [0, 0.1) is 11.8 Å². The van der Waals surface area contributed by atoms with E-state index in [4.69, 9.17) is 5.11 Å². The first-order valence-corrected chi connectivity index (χ1v) is 5.24. The summed E-state index contributed by atoms with van der Waals surface area (Å²) in [5.74, 6) is 2.00. The fourth-order valence-electron chi connectivity index (χ4n) is 2.86. The summed E-state index contributed by atoms with van der Waals surface area (Å²) in [5, 5.41) is 12.2. The molecule has 0 aromatic heterocycles. The molecule has 2 bridgehead atoms. The van der Waals surface area contributed by atoms with E-state index in [-0.39, 0.29) is 0 Å². The molecule has 2 rings (SSSR count). The van der Waals surface area contributed by atoms with E-state index < -0.39 is 0 Å². The van der Waals surface area contributed by atoms with Crippen LogP contribution >= 0.6 is 0 Å². The van der Waals surface area contributed by atoms with Crippen molar-refractivity contribution >= 4 is 0 Å². The van der Waals surface area contributed by atoms with Crippen LogP contribution in [0.2, 0.25) is 0 Å². The van der Waals surface area contributed by atoms with E-state index in [1.54, 1.807) is 0 Å². The van der Waals surface area contributed by atoms with Gasteiger partial charge in [0.2, 0.25) is 0 Å². The molecular weight excluding hydrogens is 150 g/mol. The van der Waals surface area contributed by atoms with Crippen molar-refractivity contribution in [3.63, 3.8) is 0 Å². The van der Waals surface area contributed by atoms with Gasteiger partial charge in [-0.2, -0.15) is 0 Å². The third-order valence-corrected chi connectivity index (χ3v) is 3.48. The summed E-state index contributed by atoms with van der Waals surface area (Å²) >= 11 is 0. The SMILES string of the molecule is OCCCN[C@@H]1C[C@H]2CC[C@H]1C2. The van der Waals surface area contributed by atoms with Gasteiger partial charge in [0.25, 0.3) is 0 Å². The van der Waals surface area contributed by atoms with E-state index >= 15 is 0 Å². The Balaban J connectivity index is 1.69. The van der Waals surface area contributed by atoms with Crippen LogP contribution in [0.1, 0.15) is 32.1 Å². The maximum Gasteiger partial charge on any atom is 0.0443 e. The topological polar surface area (TPSA) is 32.3 Å². The van der Waals surface area contributed by atoms with E-state index in [1.807, 2.05) is 0 Å². The van der Waals surface area contributed by atoms with E-state index in [0.29, 0.717) is 6.61 Å². The van der Waals surface area contributed by atoms with Crippen molar-refractivity contribution in [2.45, 2.75) is 38.1 Å². The molecule has 0 spiro atoms. The third kappa shape index (κ3) is 1.64. The Bertz CT molecular complexity index is 149. The summed E-state index contributed by atoms with van der Waals surface area (Å²) in [6.07, 6.45) is 6.70. The van der Waals surface area contributed by atoms with Crippen LogP contribution in [0.3, 0.4) is 0 Å². The van der Waals surface area contributed by atoms with Crippen LogP contribution in [-0.2, 0) is 0 Å². The zero-order valence-electron chi connectivity index (χ0n) is 7.63. The Morgan fingerprint density at radius 2 is 2.17 bits per heavy atom. The van der Waals surface area contributed by atoms with Gasteiger partial charge in [0, 0.05) is 12.6 Å². The van der Waals surface area contributed by atoms with Gasteiger partial charge in [-0.1, -0.05) is 6.42 Å². The predicted molar refractivity (Wildman–Crippen MR) is 48.9 cm³/mol. The van der Waals surface area contributed by atoms with Gasteiger partial charge in [-0.25, -0.2) is 0 Å². The van der Waals surface area contributed by atoms with Crippen molar-refractivity contribution in [3.05, 3.63) is 0 Å². The molecule has 0 unspecified atom stereocenters. The minimum Gasteiger partial charge on any atom is -0.396 e. The van der Waals surface area contributed by atoms with Crippen LogP contribution in [0.5, 0.6) is 0 Å². The summed E-state index contributed by atoms with van der Waals surface area (Å²) in [6.45, 7) is 1.33. The summed E-state index contributed by atoms with van der Waals surface area (Å²) in [6, 6.07) is 0.787. The van der Waals surface area contributed by atoms with Crippen molar-refractivity contribution in [1.29, 1.82) is 0 Å². The highest BCUT2D eigenvalue weighted by molar-refractivity contribution is 4.93. The molecule has 0 saturated heterocycles. The highest BCUT2D eigenvalue weighted by atomic mass is 16.3.